The molecular weight excluding hydrogens is 2220 g/mol. The molecule has 9 aromatic carbocycles. The Bertz CT molecular complexity index is 8320. The highest BCUT2D eigenvalue weighted by atomic mass is 35.5. The molecule has 12 heterocycles. The van der Waals surface area contributed by atoms with Crippen molar-refractivity contribution >= 4 is 306 Å². The number of aromatic nitrogens is 17. The van der Waals surface area contributed by atoms with Crippen molar-refractivity contribution < 1.29 is 42.6 Å². The first-order valence-electron chi connectivity index (χ1n) is 43.9. The number of methoxy groups -OCH3 is 3. The normalized spacial score (nSPS) is 10.9. The van der Waals surface area contributed by atoms with Crippen LogP contribution >= 0.6 is 185 Å². The molecule has 0 saturated carbocycles. The zero-order valence-corrected chi connectivity index (χ0v) is 89.9. The summed E-state index contributed by atoms with van der Waals surface area (Å²) in [6.07, 6.45) is 11.1. The fraction of sp³-hybridized carbons (Fsp3) is 0.0918. The highest BCUT2D eigenvalue weighted by Crippen LogP contribution is 2.43. The number of anilines is 5. The molecule has 149 heavy (non-hydrogen) atoms. The van der Waals surface area contributed by atoms with E-state index in [2.05, 4.69) is 134 Å². The van der Waals surface area contributed by atoms with Crippen molar-refractivity contribution in [3.63, 3.8) is 0 Å². The van der Waals surface area contributed by atoms with Crippen molar-refractivity contribution in [2.24, 2.45) is 0 Å². The molecule has 12 aromatic heterocycles. The number of pyridine rings is 5. The molecule has 0 aliphatic heterocycles. The lowest BCUT2D eigenvalue weighted by Gasteiger charge is -2.09. The predicted octanol–water partition coefficient (Wildman–Crippen LogP) is 26.5. The number of H-pyrrole nitrogens is 1. The van der Waals surface area contributed by atoms with Gasteiger partial charge in [-0.15, -0.1) is 51.0 Å². The van der Waals surface area contributed by atoms with Crippen LogP contribution in [0.5, 0.6) is 17.2 Å². The number of halogens is 6. The molecule has 35 nitrogen and oxygen atoms in total. The summed E-state index contributed by atoms with van der Waals surface area (Å²) >= 11 is 50.0. The number of carbonyl (C=O) groups is 5. The first kappa shape index (κ1) is 106. The first-order chi connectivity index (χ1) is 72.5. The topological polar surface area (TPSA) is 456 Å². The molecule has 10 N–H and O–H groups in total. The number of para-hydroxylation sites is 2. The number of hydrogen-bond acceptors (Lipinski definition) is 35. The maximum Gasteiger partial charge on any atom is 0.321 e. The summed E-state index contributed by atoms with van der Waals surface area (Å²) in [7, 11) is 4.78. The van der Waals surface area contributed by atoms with Gasteiger partial charge in [0, 0.05) is 132 Å². The number of amides is 9. The average molecular weight is 2290 g/mol. The zero-order chi connectivity index (χ0) is 103. The second-order valence-corrected chi connectivity index (χ2v) is 44.4. The third-order valence-corrected chi connectivity index (χ3v) is 31.6. The molecule has 0 atom stereocenters. The number of rotatable bonds is 29. The van der Waals surface area contributed by atoms with Gasteiger partial charge < -0.3 is 50.2 Å². The molecule has 0 saturated heterocycles. The molecule has 0 unspecified atom stereocenters. The number of fused-ring (bicyclic) bond motifs is 6. The molecule has 21 aromatic rings. The van der Waals surface area contributed by atoms with Gasteiger partial charge in [-0.05, 0) is 175 Å². The van der Waals surface area contributed by atoms with E-state index in [1.54, 1.807) is 82.8 Å². The quantitative estimate of drug-likeness (QED) is 0.0195. The number of aryl methyl sites for hydroxylation is 1. The minimum absolute atomic E-state index is 0.128. The van der Waals surface area contributed by atoms with Gasteiger partial charge >= 0.3 is 24.1 Å². The maximum absolute atomic E-state index is 12.4. The number of urea groups is 4. The summed E-state index contributed by atoms with van der Waals surface area (Å²) in [6.45, 7) is 1.30. The van der Waals surface area contributed by atoms with Crippen LogP contribution in [-0.2, 0) is 37.4 Å². The van der Waals surface area contributed by atoms with Crippen LogP contribution in [0.1, 0.15) is 34.7 Å². The Morgan fingerprint density at radius 2 is 0.698 bits per heavy atom. The largest absolute Gasteiger partial charge is 0.497 e. The van der Waals surface area contributed by atoms with Crippen molar-refractivity contribution in [3.8, 4) is 17.2 Å². The smallest absolute Gasteiger partial charge is 0.321 e. The van der Waals surface area contributed by atoms with Gasteiger partial charge in [0.1, 0.15) is 17.3 Å². The first-order valence-corrected chi connectivity index (χ1v) is 54.3. The van der Waals surface area contributed by atoms with Gasteiger partial charge in [0.2, 0.25) is 31.6 Å². The Kier molecular flexibility index (Phi) is 37.3. The van der Waals surface area contributed by atoms with Crippen LogP contribution in [0.15, 0.2) is 312 Å². The third-order valence-electron chi connectivity index (χ3n) is 20.3. The van der Waals surface area contributed by atoms with Gasteiger partial charge in [0.05, 0.1) is 79.3 Å². The summed E-state index contributed by atoms with van der Waals surface area (Å²) in [6, 6.07) is 67.7. The van der Waals surface area contributed by atoms with E-state index in [0.717, 1.165) is 117 Å². The summed E-state index contributed by atoms with van der Waals surface area (Å²) in [5.74, 6) is 3.26. The molecule has 0 radical (unpaired) electrons. The van der Waals surface area contributed by atoms with Crippen LogP contribution in [-0.4, -0.2) is 137 Å². The zero-order valence-electron chi connectivity index (χ0n) is 77.2. The standard InChI is InChI=1S/C22H19ClN4O3S2.C20H14ClN7OS2.C20H16ClN5O2S2.C19H13Cl2N5OS2.C17H12ClN5O2S2/c1-29-17-7-3-13(11-18(17)30-2)4-8-20(28)25-21-26-27-22(32-21)31-19-9-10-24-16-12-14(23)5-6-15(16)19;21-11-5-6-12-15(9-11)22-8-7-16(12)30-20-28-27-19(31-20)26-18(29)23-10-17-24-13-3-1-2-4-14(13)25-17;1-28-14-4-2-3-12(9-14)11-23-18(27)24-19-25-26-20(30-19)29-17-7-8-22-16-10-13(21)5-6-15(16)17;20-12-3-1-2-11(8-12)10-23-17(27)24-18-25-26-19(29-18)28-16-6-7-22-15-9-13(21)4-5-14(15)16;18-10-3-4-12-13(8-10)19-6-5-14(12)26-17-23-22-16(27-17)21-15(24)20-9-11-2-1-7-25-11/h3,5-7,9-12H,4,8H2,1-2H3,(H,25,26,28);1-9H,10H2,(H,24,25)(H2,23,26,27,29);2-10H,11H2,1H3,(H2,23,24,25,27);1-9H,10H2,(H2,23,24,25,27);1-8H,9H2,(H2,20,21,22,24). The van der Waals surface area contributed by atoms with E-state index < -0.39 is 0 Å². The van der Waals surface area contributed by atoms with Crippen LogP contribution in [0.2, 0.25) is 30.1 Å². The van der Waals surface area contributed by atoms with Gasteiger partial charge in [-0.3, -0.25) is 51.0 Å². The minimum atomic E-state index is -0.378. The molecule has 51 heteroatoms. The number of nitrogens with one attached hydrogen (secondary N) is 10. The van der Waals surface area contributed by atoms with E-state index in [-0.39, 0.29) is 36.6 Å². The summed E-state index contributed by atoms with van der Waals surface area (Å²) in [5.41, 5.74) is 8.67. The number of ether oxygens (including phenoxy) is 3. The molecule has 0 bridgehead atoms. The molecule has 0 spiro atoms. The van der Waals surface area contributed by atoms with Crippen molar-refractivity contribution in [1.82, 2.24) is 107 Å². The van der Waals surface area contributed by atoms with Crippen LogP contribution in [0, 0.1) is 0 Å². The second-order valence-electron chi connectivity index (χ2n) is 30.5. The highest BCUT2D eigenvalue weighted by Gasteiger charge is 2.21. The van der Waals surface area contributed by atoms with Crippen molar-refractivity contribution in [2.45, 2.75) is 85.2 Å². The second kappa shape index (κ2) is 52.3. The molecule has 0 fully saturated rings. The van der Waals surface area contributed by atoms with E-state index in [4.69, 9.17) is 88.2 Å². The van der Waals surface area contributed by atoms with Crippen LogP contribution in [0.3, 0.4) is 0 Å². The molecule has 0 aliphatic carbocycles. The van der Waals surface area contributed by atoms with Gasteiger partial charge in [-0.1, -0.05) is 258 Å². The predicted molar refractivity (Wildman–Crippen MR) is 593 cm³/mol. The summed E-state index contributed by atoms with van der Waals surface area (Å²) in [4.78, 5) is 95.1. The molecule has 752 valence electrons. The molecule has 0 aliphatic rings. The van der Waals surface area contributed by atoms with E-state index >= 15 is 0 Å². The van der Waals surface area contributed by atoms with E-state index in [0.29, 0.717) is 129 Å². The lowest BCUT2D eigenvalue weighted by molar-refractivity contribution is -0.116. The Hall–Kier alpha value is -14.0. The minimum Gasteiger partial charge on any atom is -0.497 e. The molecule has 21 rings (SSSR count). The van der Waals surface area contributed by atoms with E-state index in [9.17, 15) is 24.0 Å². The number of nitrogens with zero attached hydrogens (tertiary/aromatic N) is 16. The van der Waals surface area contributed by atoms with Gasteiger partial charge in [0.25, 0.3) is 0 Å². The summed E-state index contributed by atoms with van der Waals surface area (Å²) in [5, 5.41) is 76.5. The average Bonchev–Trinajstić information content (AvgIpc) is 1.63. The molecule has 9 amide bonds. The Balaban J connectivity index is 0.000000127. The number of furan rings is 1. The van der Waals surface area contributed by atoms with Crippen molar-refractivity contribution in [2.75, 3.05) is 47.9 Å². The lowest BCUT2D eigenvalue weighted by Crippen LogP contribution is -2.28. The van der Waals surface area contributed by atoms with Crippen LogP contribution < -0.4 is 62.1 Å². The number of imidazole rings is 1. The number of aromatic amines is 1. The monoisotopic (exact) mass is 2290 g/mol. The summed E-state index contributed by atoms with van der Waals surface area (Å²) < 4.78 is 24.4. The number of carbonyl (C=O) groups excluding carboxylic acids is 5. The Morgan fingerprint density at radius 3 is 1.07 bits per heavy atom. The number of hydrogen-bond donors (Lipinski definition) is 10. The number of benzene rings is 9. The fourth-order valence-corrected chi connectivity index (χ4v) is 23.8. The van der Waals surface area contributed by atoms with Crippen LogP contribution in [0.4, 0.5) is 44.8 Å². The third kappa shape index (κ3) is 30.7. The SMILES string of the molecule is COc1ccc(CCC(=O)Nc2nnc(Sc3ccnc4cc(Cl)ccc34)s2)cc1OC.COc1cccc(CNC(=O)Nc2nnc(Sc3ccnc4cc(Cl)ccc34)s2)c1.O=C(NCc1cccc(Cl)c1)Nc1nnc(Sc2ccnc3cc(Cl)ccc23)s1.O=C(NCc1ccco1)Nc1nnc(Sc2ccnc3cc(Cl)ccc23)s1.O=C(NCc1nc2ccccc2[nH]1)Nc1nnc(Sc2ccnc3cc(Cl)ccc23)s1. The molecular formula is C98H74Cl6N26O9S10. The van der Waals surface area contributed by atoms with E-state index in [1.807, 2.05) is 200 Å². The fourth-order valence-electron chi connectivity index (χ4n) is 13.6. The van der Waals surface area contributed by atoms with E-state index in [1.165, 1.54) is 115 Å². The lowest BCUT2D eigenvalue weighted by atomic mass is 10.1. The Labute approximate surface area is 918 Å². The Morgan fingerprint density at radius 1 is 0.329 bits per heavy atom. The van der Waals surface area contributed by atoms with Gasteiger partial charge in [0.15, 0.2) is 33.2 Å². The van der Waals surface area contributed by atoms with Crippen LogP contribution in [0.25, 0.3) is 65.5 Å². The van der Waals surface area contributed by atoms with Crippen molar-refractivity contribution in [1.29, 1.82) is 0 Å². The highest BCUT2D eigenvalue weighted by molar-refractivity contribution is 8.02. The van der Waals surface area contributed by atoms with Crippen molar-refractivity contribution in [3.05, 3.63) is 320 Å². The van der Waals surface area contributed by atoms with Gasteiger partial charge in [-0.25, -0.2) is 24.2 Å². The van der Waals surface area contributed by atoms with Gasteiger partial charge in [-0.2, -0.15) is 0 Å². The maximum atomic E-state index is 12.4.